The van der Waals surface area contributed by atoms with Crippen LogP contribution in [-0.2, 0) is 11.3 Å². The normalized spacial score (nSPS) is 14.0. The van der Waals surface area contributed by atoms with Crippen molar-refractivity contribution in [2.45, 2.75) is 6.61 Å². The molecule has 1 heterocycles. The first-order valence-electron chi connectivity index (χ1n) is 8.21. The van der Waals surface area contributed by atoms with E-state index in [9.17, 15) is 9.59 Å². The molecule has 1 N–H and O–H groups in total. The van der Waals surface area contributed by atoms with Gasteiger partial charge in [-0.2, -0.15) is 0 Å². The van der Waals surface area contributed by atoms with Crippen LogP contribution in [-0.4, -0.2) is 43.1 Å². The zero-order valence-electron chi connectivity index (χ0n) is 13.8. The van der Waals surface area contributed by atoms with Gasteiger partial charge in [0.1, 0.15) is 12.4 Å². The average molecular weight is 340 g/mol. The molecule has 2 aromatic rings. The first-order valence-corrected chi connectivity index (χ1v) is 8.21. The van der Waals surface area contributed by atoms with E-state index in [1.165, 1.54) is 0 Å². The van der Waals surface area contributed by atoms with E-state index in [4.69, 9.17) is 9.47 Å². The number of amides is 1. The van der Waals surface area contributed by atoms with E-state index >= 15 is 0 Å². The number of hydrogen-bond acceptors (Lipinski definition) is 5. The fourth-order valence-electron chi connectivity index (χ4n) is 2.48. The summed E-state index contributed by atoms with van der Waals surface area (Å²) >= 11 is 0. The molecule has 0 radical (unpaired) electrons. The van der Waals surface area contributed by atoms with Crippen LogP contribution in [0.5, 0.6) is 5.75 Å². The van der Waals surface area contributed by atoms with Crippen molar-refractivity contribution in [1.82, 2.24) is 10.2 Å². The van der Waals surface area contributed by atoms with Crippen molar-refractivity contribution < 1.29 is 19.1 Å². The van der Waals surface area contributed by atoms with Gasteiger partial charge < -0.3 is 19.7 Å². The van der Waals surface area contributed by atoms with Crippen LogP contribution in [0.4, 0.5) is 4.79 Å². The highest BCUT2D eigenvalue weighted by Gasteiger charge is 2.18. The highest BCUT2D eigenvalue weighted by atomic mass is 16.6. The molecule has 0 saturated carbocycles. The standard InChI is InChI=1S/C19H20N2O4/c22-18(24-14-15-4-2-1-3-5-15)16-6-8-17(9-7-16)25-19(23)21-12-10-20-11-13-21/h1-9,20H,10-14H2. The third-order valence-electron chi connectivity index (χ3n) is 3.88. The monoisotopic (exact) mass is 340 g/mol. The Bertz CT molecular complexity index is 710. The second kappa shape index (κ2) is 8.30. The fraction of sp³-hybridized carbons (Fsp3) is 0.263. The van der Waals surface area contributed by atoms with E-state index in [1.807, 2.05) is 30.3 Å². The Labute approximate surface area is 146 Å². The van der Waals surface area contributed by atoms with Crippen molar-refractivity contribution in [3.63, 3.8) is 0 Å². The number of piperazine rings is 1. The van der Waals surface area contributed by atoms with Crippen molar-refractivity contribution >= 4 is 12.1 Å². The number of rotatable bonds is 4. The molecular formula is C19H20N2O4. The van der Waals surface area contributed by atoms with Gasteiger partial charge in [-0.25, -0.2) is 9.59 Å². The fourth-order valence-corrected chi connectivity index (χ4v) is 2.48. The molecule has 6 nitrogen and oxygen atoms in total. The van der Waals surface area contributed by atoms with Gasteiger partial charge in [0.2, 0.25) is 0 Å². The van der Waals surface area contributed by atoms with Crippen LogP contribution in [0.15, 0.2) is 54.6 Å². The number of benzene rings is 2. The molecule has 2 aromatic carbocycles. The summed E-state index contributed by atoms with van der Waals surface area (Å²) in [6, 6.07) is 15.9. The molecule has 0 bridgehead atoms. The van der Waals surface area contributed by atoms with Crippen LogP contribution < -0.4 is 10.1 Å². The van der Waals surface area contributed by atoms with Crippen LogP contribution in [0, 0.1) is 0 Å². The Hall–Kier alpha value is -2.86. The number of esters is 1. The second-order valence-electron chi connectivity index (χ2n) is 5.69. The molecule has 3 rings (SSSR count). The van der Waals surface area contributed by atoms with Crippen LogP contribution in [0.2, 0.25) is 0 Å². The van der Waals surface area contributed by atoms with Crippen LogP contribution >= 0.6 is 0 Å². The summed E-state index contributed by atoms with van der Waals surface area (Å²) in [6.07, 6.45) is -0.374. The number of carbonyl (C=O) groups excluding carboxylic acids is 2. The topological polar surface area (TPSA) is 67.9 Å². The van der Waals surface area contributed by atoms with Gasteiger partial charge in [0.05, 0.1) is 5.56 Å². The molecule has 1 amide bonds. The van der Waals surface area contributed by atoms with Gasteiger partial charge in [-0.3, -0.25) is 0 Å². The number of hydrogen-bond donors (Lipinski definition) is 1. The molecular weight excluding hydrogens is 320 g/mol. The predicted octanol–water partition coefficient (Wildman–Crippen LogP) is 2.45. The van der Waals surface area contributed by atoms with Gasteiger partial charge in [-0.05, 0) is 29.8 Å². The van der Waals surface area contributed by atoms with Gasteiger partial charge in [0, 0.05) is 26.2 Å². The lowest BCUT2D eigenvalue weighted by molar-refractivity contribution is 0.0472. The maximum atomic E-state index is 12.1. The maximum Gasteiger partial charge on any atom is 0.415 e. The minimum Gasteiger partial charge on any atom is -0.457 e. The van der Waals surface area contributed by atoms with E-state index in [0.29, 0.717) is 24.4 Å². The molecule has 0 unspecified atom stereocenters. The molecule has 6 heteroatoms. The van der Waals surface area contributed by atoms with Crippen molar-refractivity contribution in [2.75, 3.05) is 26.2 Å². The summed E-state index contributed by atoms with van der Waals surface area (Å²) in [6.45, 7) is 3.01. The van der Waals surface area contributed by atoms with Crippen LogP contribution in [0.1, 0.15) is 15.9 Å². The van der Waals surface area contributed by atoms with E-state index in [1.54, 1.807) is 29.2 Å². The summed E-state index contributed by atoms with van der Waals surface area (Å²) in [4.78, 5) is 25.7. The van der Waals surface area contributed by atoms with Crippen molar-refractivity contribution in [3.8, 4) is 5.75 Å². The van der Waals surface area contributed by atoms with Gasteiger partial charge in [-0.15, -0.1) is 0 Å². The molecule has 0 aliphatic carbocycles. The third-order valence-corrected chi connectivity index (χ3v) is 3.88. The molecule has 1 fully saturated rings. The lowest BCUT2D eigenvalue weighted by atomic mass is 10.2. The number of nitrogens with zero attached hydrogens (tertiary/aromatic N) is 1. The summed E-state index contributed by atoms with van der Waals surface area (Å²) in [5, 5.41) is 3.18. The first kappa shape index (κ1) is 17.0. The molecule has 1 saturated heterocycles. The average Bonchev–Trinajstić information content (AvgIpc) is 2.68. The highest BCUT2D eigenvalue weighted by molar-refractivity contribution is 5.89. The van der Waals surface area contributed by atoms with Crippen LogP contribution in [0.3, 0.4) is 0 Å². The Balaban J connectivity index is 1.52. The van der Waals surface area contributed by atoms with Gasteiger partial charge >= 0.3 is 12.1 Å². The van der Waals surface area contributed by atoms with E-state index in [-0.39, 0.29) is 12.7 Å². The minimum atomic E-state index is -0.413. The lowest BCUT2D eigenvalue weighted by Gasteiger charge is -2.26. The highest BCUT2D eigenvalue weighted by Crippen LogP contribution is 2.15. The molecule has 0 spiro atoms. The summed E-state index contributed by atoms with van der Waals surface area (Å²) < 4.78 is 10.6. The van der Waals surface area contributed by atoms with Crippen molar-refractivity contribution in [2.24, 2.45) is 0 Å². The Morgan fingerprint density at radius 2 is 1.64 bits per heavy atom. The molecule has 130 valence electrons. The SMILES string of the molecule is O=C(OCc1ccccc1)c1ccc(OC(=O)N2CCNCC2)cc1. The van der Waals surface area contributed by atoms with E-state index in [0.717, 1.165) is 18.7 Å². The molecule has 0 atom stereocenters. The molecule has 1 aliphatic rings. The number of carbonyl (C=O) groups is 2. The van der Waals surface area contributed by atoms with Crippen molar-refractivity contribution in [1.29, 1.82) is 0 Å². The smallest absolute Gasteiger partial charge is 0.415 e. The Morgan fingerprint density at radius 1 is 0.960 bits per heavy atom. The summed E-state index contributed by atoms with van der Waals surface area (Å²) in [7, 11) is 0. The third kappa shape index (κ3) is 4.81. The van der Waals surface area contributed by atoms with Gasteiger partial charge in [0.15, 0.2) is 0 Å². The first-order chi connectivity index (χ1) is 12.2. The van der Waals surface area contributed by atoms with Crippen molar-refractivity contribution in [3.05, 3.63) is 65.7 Å². The Kier molecular flexibility index (Phi) is 5.64. The van der Waals surface area contributed by atoms with E-state index < -0.39 is 5.97 Å². The largest absolute Gasteiger partial charge is 0.457 e. The van der Waals surface area contributed by atoms with E-state index in [2.05, 4.69) is 5.32 Å². The quantitative estimate of drug-likeness (QED) is 0.866. The minimum absolute atomic E-state index is 0.222. The molecule has 1 aliphatic heterocycles. The summed E-state index contributed by atoms with van der Waals surface area (Å²) in [5.74, 6) is -0.00743. The lowest BCUT2D eigenvalue weighted by Crippen LogP contribution is -2.47. The number of ether oxygens (including phenoxy) is 2. The van der Waals surface area contributed by atoms with Crippen LogP contribution in [0.25, 0.3) is 0 Å². The second-order valence-corrected chi connectivity index (χ2v) is 5.69. The molecule has 0 aromatic heterocycles. The molecule has 25 heavy (non-hydrogen) atoms. The predicted molar refractivity (Wildman–Crippen MR) is 92.5 cm³/mol. The van der Waals surface area contributed by atoms with Gasteiger partial charge in [-0.1, -0.05) is 30.3 Å². The van der Waals surface area contributed by atoms with Gasteiger partial charge in [0.25, 0.3) is 0 Å². The summed E-state index contributed by atoms with van der Waals surface area (Å²) in [5.41, 5.74) is 1.34. The zero-order chi connectivity index (χ0) is 17.5. The Morgan fingerprint density at radius 3 is 2.32 bits per heavy atom. The number of nitrogens with one attached hydrogen (secondary N) is 1. The maximum absolute atomic E-state index is 12.1. The zero-order valence-corrected chi connectivity index (χ0v) is 13.8.